The Hall–Kier alpha value is -0.120. The van der Waals surface area contributed by atoms with Gasteiger partial charge in [0.1, 0.15) is 0 Å². The summed E-state index contributed by atoms with van der Waals surface area (Å²) in [6, 6.07) is 1.21. The number of likely N-dealkylation sites (tertiary alicyclic amines) is 1. The molecule has 1 aliphatic heterocycles. The third kappa shape index (κ3) is 4.43. The van der Waals surface area contributed by atoms with Gasteiger partial charge in [0.25, 0.3) is 0 Å². The molecule has 3 heteroatoms. The van der Waals surface area contributed by atoms with Gasteiger partial charge < -0.3 is 15.3 Å². The average molecular weight is 296 g/mol. The highest BCUT2D eigenvalue weighted by atomic mass is 16.3. The van der Waals surface area contributed by atoms with Crippen LogP contribution in [0.1, 0.15) is 72.6 Å². The summed E-state index contributed by atoms with van der Waals surface area (Å²) >= 11 is 0. The van der Waals surface area contributed by atoms with Crippen LogP contribution in [0.25, 0.3) is 0 Å². The Morgan fingerprint density at radius 1 is 1.24 bits per heavy atom. The van der Waals surface area contributed by atoms with Crippen molar-refractivity contribution in [3.05, 3.63) is 0 Å². The smallest absolute Gasteiger partial charge is 0.0611 e. The van der Waals surface area contributed by atoms with Crippen molar-refractivity contribution in [3.63, 3.8) is 0 Å². The SMILES string of the molecule is CCC1(CC)CCN(C(C)CC(C)(CO)NC2CC2)CC1. The Bertz CT molecular complexity index is 315. The summed E-state index contributed by atoms with van der Waals surface area (Å²) in [5.74, 6) is 0. The third-order valence-electron chi connectivity index (χ3n) is 6.21. The molecule has 124 valence electrons. The molecule has 0 aromatic carbocycles. The van der Waals surface area contributed by atoms with Crippen LogP contribution in [0.5, 0.6) is 0 Å². The third-order valence-corrected chi connectivity index (χ3v) is 6.21. The summed E-state index contributed by atoms with van der Waals surface area (Å²) in [6.45, 7) is 11.9. The van der Waals surface area contributed by atoms with E-state index in [0.29, 0.717) is 17.5 Å². The van der Waals surface area contributed by atoms with Crippen LogP contribution in [0.2, 0.25) is 0 Å². The van der Waals surface area contributed by atoms with Crippen molar-refractivity contribution < 1.29 is 5.11 Å². The topological polar surface area (TPSA) is 35.5 Å². The standard InChI is InChI=1S/C18H36N2O/c1-5-18(6-2)9-11-20(12-10-18)15(3)13-17(4,14-21)19-16-7-8-16/h15-16,19,21H,5-14H2,1-4H3. The van der Waals surface area contributed by atoms with E-state index in [-0.39, 0.29) is 12.1 Å². The number of hydrogen-bond donors (Lipinski definition) is 2. The van der Waals surface area contributed by atoms with Crippen molar-refractivity contribution in [1.82, 2.24) is 10.2 Å². The van der Waals surface area contributed by atoms with E-state index in [1.807, 2.05) is 0 Å². The second kappa shape index (κ2) is 6.97. The number of nitrogens with zero attached hydrogens (tertiary/aromatic N) is 1. The molecule has 2 N–H and O–H groups in total. The summed E-state index contributed by atoms with van der Waals surface area (Å²) < 4.78 is 0. The lowest BCUT2D eigenvalue weighted by atomic mass is 9.74. The summed E-state index contributed by atoms with van der Waals surface area (Å²) in [5, 5.41) is 13.4. The molecule has 0 aromatic rings. The Balaban J connectivity index is 1.84. The van der Waals surface area contributed by atoms with Gasteiger partial charge in [-0.2, -0.15) is 0 Å². The van der Waals surface area contributed by atoms with Gasteiger partial charge in [-0.3, -0.25) is 0 Å². The van der Waals surface area contributed by atoms with Crippen molar-refractivity contribution in [3.8, 4) is 0 Å². The summed E-state index contributed by atoms with van der Waals surface area (Å²) in [6.07, 6.45) is 8.94. The molecule has 1 saturated heterocycles. The van der Waals surface area contributed by atoms with Gasteiger partial charge in [-0.05, 0) is 64.5 Å². The first-order chi connectivity index (χ1) is 9.96. The number of hydrogen-bond acceptors (Lipinski definition) is 3. The molecule has 0 amide bonds. The van der Waals surface area contributed by atoms with Crippen molar-refractivity contribution in [2.75, 3.05) is 19.7 Å². The Morgan fingerprint density at radius 3 is 2.24 bits per heavy atom. The van der Waals surface area contributed by atoms with Crippen LogP contribution >= 0.6 is 0 Å². The number of aliphatic hydroxyl groups is 1. The number of aliphatic hydroxyl groups excluding tert-OH is 1. The van der Waals surface area contributed by atoms with Crippen molar-refractivity contribution in [2.24, 2.45) is 5.41 Å². The first-order valence-electron chi connectivity index (χ1n) is 9.08. The van der Waals surface area contributed by atoms with Crippen LogP contribution in [0, 0.1) is 5.41 Å². The molecule has 0 aromatic heterocycles. The molecule has 3 nitrogen and oxygen atoms in total. The van der Waals surface area contributed by atoms with E-state index >= 15 is 0 Å². The molecule has 0 spiro atoms. The molecule has 2 rings (SSSR count). The average Bonchev–Trinajstić information content (AvgIpc) is 3.31. The Labute approximate surface area is 131 Å². The predicted octanol–water partition coefficient (Wildman–Crippen LogP) is 3.17. The normalized spacial score (nSPS) is 27.3. The molecule has 21 heavy (non-hydrogen) atoms. The zero-order chi connectivity index (χ0) is 15.5. The maximum absolute atomic E-state index is 9.79. The van der Waals surface area contributed by atoms with Gasteiger partial charge in [-0.15, -0.1) is 0 Å². The Kier molecular flexibility index (Phi) is 5.72. The van der Waals surface area contributed by atoms with E-state index in [9.17, 15) is 5.11 Å². The molecular weight excluding hydrogens is 260 g/mol. The second-order valence-electron chi connectivity index (χ2n) is 7.93. The predicted molar refractivity (Wildman–Crippen MR) is 89.5 cm³/mol. The quantitative estimate of drug-likeness (QED) is 0.722. The van der Waals surface area contributed by atoms with Gasteiger partial charge in [0.15, 0.2) is 0 Å². The molecule has 0 radical (unpaired) electrons. The monoisotopic (exact) mass is 296 g/mol. The lowest BCUT2D eigenvalue weighted by Crippen LogP contribution is -2.53. The Morgan fingerprint density at radius 2 is 1.81 bits per heavy atom. The minimum atomic E-state index is -0.107. The van der Waals surface area contributed by atoms with Crippen LogP contribution < -0.4 is 5.32 Å². The van der Waals surface area contributed by atoms with E-state index in [1.165, 1.54) is 51.6 Å². The number of nitrogens with one attached hydrogen (secondary N) is 1. The van der Waals surface area contributed by atoms with Gasteiger partial charge in [0.05, 0.1) is 6.61 Å². The van der Waals surface area contributed by atoms with Crippen LogP contribution in [-0.4, -0.2) is 47.3 Å². The lowest BCUT2D eigenvalue weighted by molar-refractivity contribution is 0.0502. The molecule has 1 saturated carbocycles. The zero-order valence-corrected chi connectivity index (χ0v) is 14.6. The van der Waals surface area contributed by atoms with Crippen LogP contribution in [0.3, 0.4) is 0 Å². The fraction of sp³-hybridized carbons (Fsp3) is 1.00. The maximum Gasteiger partial charge on any atom is 0.0611 e. The zero-order valence-electron chi connectivity index (χ0n) is 14.6. The highest BCUT2D eigenvalue weighted by Crippen LogP contribution is 2.39. The first kappa shape index (κ1) is 17.2. The van der Waals surface area contributed by atoms with Crippen LogP contribution in [0.4, 0.5) is 0 Å². The van der Waals surface area contributed by atoms with E-state index < -0.39 is 0 Å². The van der Waals surface area contributed by atoms with E-state index in [2.05, 4.69) is 37.9 Å². The minimum absolute atomic E-state index is 0.107. The van der Waals surface area contributed by atoms with E-state index in [1.54, 1.807) is 0 Å². The van der Waals surface area contributed by atoms with Crippen molar-refractivity contribution in [2.45, 2.75) is 90.3 Å². The largest absolute Gasteiger partial charge is 0.394 e. The van der Waals surface area contributed by atoms with Crippen LogP contribution in [-0.2, 0) is 0 Å². The molecule has 1 heterocycles. The molecule has 2 fully saturated rings. The lowest BCUT2D eigenvalue weighted by Gasteiger charge is -2.45. The highest BCUT2D eigenvalue weighted by molar-refractivity contribution is 4.95. The van der Waals surface area contributed by atoms with Gasteiger partial charge in [-0.25, -0.2) is 0 Å². The number of rotatable bonds is 8. The van der Waals surface area contributed by atoms with Gasteiger partial charge in [0.2, 0.25) is 0 Å². The summed E-state index contributed by atoms with van der Waals surface area (Å²) in [5.41, 5.74) is 0.493. The van der Waals surface area contributed by atoms with Crippen molar-refractivity contribution >= 4 is 0 Å². The molecule has 1 aliphatic carbocycles. The minimum Gasteiger partial charge on any atom is -0.394 e. The van der Waals surface area contributed by atoms with Crippen LogP contribution in [0.15, 0.2) is 0 Å². The molecule has 2 unspecified atom stereocenters. The molecular formula is C18H36N2O. The van der Waals surface area contributed by atoms with Gasteiger partial charge in [-0.1, -0.05) is 26.7 Å². The second-order valence-corrected chi connectivity index (χ2v) is 7.93. The fourth-order valence-corrected chi connectivity index (χ4v) is 4.07. The molecule has 2 atom stereocenters. The summed E-state index contributed by atoms with van der Waals surface area (Å²) in [4.78, 5) is 2.64. The van der Waals surface area contributed by atoms with E-state index in [0.717, 1.165) is 6.42 Å². The molecule has 0 bridgehead atoms. The van der Waals surface area contributed by atoms with Crippen molar-refractivity contribution in [1.29, 1.82) is 0 Å². The highest BCUT2D eigenvalue weighted by Gasteiger charge is 2.37. The molecule has 2 aliphatic rings. The van der Waals surface area contributed by atoms with E-state index in [4.69, 9.17) is 0 Å². The van der Waals surface area contributed by atoms with Gasteiger partial charge >= 0.3 is 0 Å². The number of piperidine rings is 1. The maximum atomic E-state index is 9.79. The van der Waals surface area contributed by atoms with Gasteiger partial charge in [0, 0.05) is 17.6 Å². The fourth-order valence-electron chi connectivity index (χ4n) is 4.07. The first-order valence-corrected chi connectivity index (χ1v) is 9.08. The summed E-state index contributed by atoms with van der Waals surface area (Å²) in [7, 11) is 0.